The first kappa shape index (κ1) is 21.0. The summed E-state index contributed by atoms with van der Waals surface area (Å²) in [4.78, 5) is 24.6. The molecule has 0 aliphatic carbocycles. The van der Waals surface area contributed by atoms with Gasteiger partial charge in [-0.15, -0.1) is 0 Å². The van der Waals surface area contributed by atoms with Crippen LogP contribution in [0.2, 0.25) is 0 Å². The van der Waals surface area contributed by atoms with Crippen LogP contribution in [-0.4, -0.2) is 30.6 Å². The Kier molecular flexibility index (Phi) is 6.95. The van der Waals surface area contributed by atoms with E-state index in [1.165, 1.54) is 12.1 Å². The van der Waals surface area contributed by atoms with Gasteiger partial charge in [0, 0.05) is 24.5 Å². The van der Waals surface area contributed by atoms with Crippen LogP contribution in [0.3, 0.4) is 0 Å². The van der Waals surface area contributed by atoms with E-state index < -0.39 is 11.9 Å². The molecule has 2 aromatic carbocycles. The van der Waals surface area contributed by atoms with Gasteiger partial charge >= 0.3 is 0 Å². The molecule has 2 amide bonds. The Balaban J connectivity index is 1.53. The highest BCUT2D eigenvalue weighted by molar-refractivity contribution is 5.95. The molecule has 0 saturated carbocycles. The number of aryl methyl sites for hydroxylation is 1. The van der Waals surface area contributed by atoms with Crippen molar-refractivity contribution >= 4 is 23.2 Å². The molecule has 1 aliphatic heterocycles. The van der Waals surface area contributed by atoms with E-state index in [0.29, 0.717) is 24.5 Å². The third kappa shape index (κ3) is 5.85. The van der Waals surface area contributed by atoms with Gasteiger partial charge in [-0.2, -0.15) is 0 Å². The number of rotatable bonds is 7. The molecule has 3 N–H and O–H groups in total. The van der Waals surface area contributed by atoms with Crippen LogP contribution in [0.1, 0.15) is 30.9 Å². The van der Waals surface area contributed by atoms with Crippen LogP contribution in [-0.2, 0) is 20.9 Å². The molecule has 2 unspecified atom stereocenters. The summed E-state index contributed by atoms with van der Waals surface area (Å²) >= 11 is 0. The topological polar surface area (TPSA) is 79.5 Å². The lowest BCUT2D eigenvalue weighted by molar-refractivity contribution is -0.124. The fourth-order valence-corrected chi connectivity index (χ4v) is 3.10. The number of hydrogen-bond donors (Lipinski definition) is 3. The fourth-order valence-electron chi connectivity index (χ4n) is 3.10. The van der Waals surface area contributed by atoms with Gasteiger partial charge in [0.25, 0.3) is 5.91 Å². The Morgan fingerprint density at radius 1 is 1.21 bits per heavy atom. The summed E-state index contributed by atoms with van der Waals surface area (Å²) in [6.07, 6.45) is 1.26. The van der Waals surface area contributed by atoms with E-state index in [-0.39, 0.29) is 17.9 Å². The standard InChI is InChI=1S/C22H26FN3O3/c1-14-8-9-17(23)12-19(14)26-21(27)15(2)24-13-16-5-3-6-18(11-16)25-22(28)20-7-4-10-29-20/h3,5-6,8-9,11-12,15,20,24H,4,7,10,13H2,1-2H3,(H,25,28)(H,26,27). The number of amides is 2. The number of benzene rings is 2. The molecular formula is C22H26FN3O3. The third-order valence-corrected chi connectivity index (χ3v) is 4.88. The summed E-state index contributed by atoms with van der Waals surface area (Å²) in [5.41, 5.74) is 2.87. The van der Waals surface area contributed by atoms with Crippen LogP contribution in [0.5, 0.6) is 0 Å². The third-order valence-electron chi connectivity index (χ3n) is 4.88. The molecule has 0 aromatic heterocycles. The van der Waals surface area contributed by atoms with E-state index in [9.17, 15) is 14.0 Å². The van der Waals surface area contributed by atoms with Crippen LogP contribution in [0, 0.1) is 12.7 Å². The Hall–Kier alpha value is -2.77. The van der Waals surface area contributed by atoms with E-state index in [1.54, 1.807) is 13.0 Å². The van der Waals surface area contributed by atoms with Gasteiger partial charge in [0.15, 0.2) is 0 Å². The zero-order chi connectivity index (χ0) is 20.8. The van der Waals surface area contributed by atoms with Crippen LogP contribution in [0.15, 0.2) is 42.5 Å². The van der Waals surface area contributed by atoms with Gasteiger partial charge < -0.3 is 20.7 Å². The normalized spacial score (nSPS) is 17.0. The number of anilines is 2. The monoisotopic (exact) mass is 399 g/mol. The number of carbonyl (C=O) groups is 2. The first-order valence-corrected chi connectivity index (χ1v) is 9.74. The van der Waals surface area contributed by atoms with Crippen molar-refractivity contribution in [1.29, 1.82) is 0 Å². The minimum absolute atomic E-state index is 0.134. The SMILES string of the molecule is Cc1ccc(F)cc1NC(=O)C(C)NCc1cccc(NC(=O)C2CCCO2)c1. The van der Waals surface area contributed by atoms with Crippen molar-refractivity contribution in [2.24, 2.45) is 0 Å². The van der Waals surface area contributed by atoms with Gasteiger partial charge in [0.1, 0.15) is 11.9 Å². The smallest absolute Gasteiger partial charge is 0.253 e. The second kappa shape index (κ2) is 9.62. The van der Waals surface area contributed by atoms with Crippen molar-refractivity contribution in [2.75, 3.05) is 17.2 Å². The van der Waals surface area contributed by atoms with Gasteiger partial charge in [0.05, 0.1) is 6.04 Å². The maximum atomic E-state index is 13.4. The molecule has 2 aromatic rings. The van der Waals surface area contributed by atoms with Crippen LogP contribution < -0.4 is 16.0 Å². The van der Waals surface area contributed by atoms with Crippen LogP contribution in [0.25, 0.3) is 0 Å². The molecule has 3 rings (SSSR count). The number of hydrogen-bond acceptors (Lipinski definition) is 4. The van der Waals surface area contributed by atoms with Gasteiger partial charge in [-0.25, -0.2) is 4.39 Å². The summed E-state index contributed by atoms with van der Waals surface area (Å²) in [5, 5.41) is 8.76. The highest BCUT2D eigenvalue weighted by Crippen LogP contribution is 2.17. The molecular weight excluding hydrogens is 373 g/mol. The van der Waals surface area contributed by atoms with E-state index in [1.807, 2.05) is 31.2 Å². The highest BCUT2D eigenvalue weighted by Gasteiger charge is 2.23. The molecule has 0 radical (unpaired) electrons. The second-order valence-corrected chi connectivity index (χ2v) is 7.24. The summed E-state index contributed by atoms with van der Waals surface area (Å²) in [5.74, 6) is -0.777. The first-order valence-electron chi connectivity index (χ1n) is 9.74. The fraction of sp³-hybridized carbons (Fsp3) is 0.364. The number of nitrogens with one attached hydrogen (secondary N) is 3. The largest absolute Gasteiger partial charge is 0.368 e. The second-order valence-electron chi connectivity index (χ2n) is 7.24. The molecule has 1 heterocycles. The number of halogens is 1. The van der Waals surface area contributed by atoms with Crippen molar-refractivity contribution in [2.45, 2.75) is 45.4 Å². The van der Waals surface area contributed by atoms with E-state index in [4.69, 9.17) is 4.74 Å². The minimum atomic E-state index is -0.484. The number of ether oxygens (including phenoxy) is 1. The van der Waals surface area contributed by atoms with Gasteiger partial charge in [-0.05, 0) is 62.1 Å². The lowest BCUT2D eigenvalue weighted by atomic mass is 10.1. The van der Waals surface area contributed by atoms with Gasteiger partial charge in [-0.3, -0.25) is 9.59 Å². The zero-order valence-electron chi connectivity index (χ0n) is 16.6. The predicted molar refractivity (Wildman–Crippen MR) is 110 cm³/mol. The predicted octanol–water partition coefficient (Wildman–Crippen LogP) is 3.37. The van der Waals surface area contributed by atoms with Crippen molar-refractivity contribution in [3.8, 4) is 0 Å². The number of carbonyl (C=O) groups excluding carboxylic acids is 2. The van der Waals surface area contributed by atoms with E-state index >= 15 is 0 Å². The maximum absolute atomic E-state index is 13.4. The molecule has 1 saturated heterocycles. The van der Waals surface area contributed by atoms with E-state index in [2.05, 4.69) is 16.0 Å². The lowest BCUT2D eigenvalue weighted by Gasteiger charge is -2.16. The minimum Gasteiger partial charge on any atom is -0.368 e. The molecule has 154 valence electrons. The van der Waals surface area contributed by atoms with Crippen molar-refractivity contribution in [1.82, 2.24) is 5.32 Å². The van der Waals surface area contributed by atoms with Crippen molar-refractivity contribution in [3.63, 3.8) is 0 Å². The van der Waals surface area contributed by atoms with Gasteiger partial charge in [-0.1, -0.05) is 18.2 Å². The Bertz CT molecular complexity index is 881. The molecule has 6 nitrogen and oxygen atoms in total. The lowest BCUT2D eigenvalue weighted by Crippen LogP contribution is -2.37. The maximum Gasteiger partial charge on any atom is 0.253 e. The van der Waals surface area contributed by atoms with Crippen molar-refractivity contribution in [3.05, 3.63) is 59.4 Å². The zero-order valence-corrected chi connectivity index (χ0v) is 16.6. The molecule has 1 aliphatic rings. The summed E-state index contributed by atoms with van der Waals surface area (Å²) < 4.78 is 18.8. The van der Waals surface area contributed by atoms with Crippen LogP contribution in [0.4, 0.5) is 15.8 Å². The Morgan fingerprint density at radius 3 is 2.79 bits per heavy atom. The molecule has 0 spiro atoms. The average molecular weight is 399 g/mol. The quantitative estimate of drug-likeness (QED) is 0.667. The Morgan fingerprint density at radius 2 is 2.03 bits per heavy atom. The highest BCUT2D eigenvalue weighted by atomic mass is 19.1. The van der Waals surface area contributed by atoms with Crippen LogP contribution >= 0.6 is 0 Å². The summed E-state index contributed by atoms with van der Waals surface area (Å²) in [7, 11) is 0. The molecule has 0 bridgehead atoms. The van der Waals surface area contributed by atoms with E-state index in [0.717, 1.165) is 24.0 Å². The first-order chi connectivity index (χ1) is 13.9. The molecule has 1 fully saturated rings. The van der Waals surface area contributed by atoms with Crippen molar-refractivity contribution < 1.29 is 18.7 Å². The average Bonchev–Trinajstić information content (AvgIpc) is 3.24. The summed E-state index contributed by atoms with van der Waals surface area (Å²) in [6.45, 7) is 4.62. The molecule has 2 atom stereocenters. The molecule has 29 heavy (non-hydrogen) atoms. The van der Waals surface area contributed by atoms with Gasteiger partial charge in [0.2, 0.25) is 5.91 Å². The molecule has 7 heteroatoms. The summed E-state index contributed by atoms with van der Waals surface area (Å²) in [6, 6.07) is 11.2. The Labute approximate surface area is 169 Å².